The molecule has 1 aromatic rings. The maximum Gasteiger partial charge on any atom is 0.191 e. The van der Waals surface area contributed by atoms with Gasteiger partial charge >= 0.3 is 0 Å². The number of hydrogen-bond donors (Lipinski definition) is 2. The van der Waals surface area contributed by atoms with Crippen molar-refractivity contribution >= 4 is 11.6 Å². The Balaban J connectivity index is 1.48. The van der Waals surface area contributed by atoms with Crippen LogP contribution in [-0.4, -0.2) is 75.4 Å². The lowest BCUT2D eigenvalue weighted by atomic mass is 10.0. The molecule has 1 aromatic carbocycles. The van der Waals surface area contributed by atoms with Crippen LogP contribution >= 0.6 is 0 Å². The fourth-order valence-electron chi connectivity index (χ4n) is 3.98. The Kier molecular flexibility index (Phi) is 6.60. The van der Waals surface area contributed by atoms with E-state index in [0.29, 0.717) is 6.04 Å². The molecule has 1 fully saturated rings. The summed E-state index contributed by atoms with van der Waals surface area (Å²) in [5, 5.41) is 7.02. The Morgan fingerprint density at radius 1 is 1.19 bits per heavy atom. The Morgan fingerprint density at radius 2 is 1.93 bits per heavy atom. The topological polar surface area (TPSA) is 52.1 Å². The van der Waals surface area contributed by atoms with Gasteiger partial charge in [-0.3, -0.25) is 9.89 Å². The first-order chi connectivity index (χ1) is 13.0. The molecular formula is C21H35N5O. The van der Waals surface area contributed by atoms with E-state index < -0.39 is 0 Å². The largest absolute Gasteiger partial charge is 0.379 e. The first-order valence-corrected chi connectivity index (χ1v) is 10.1. The van der Waals surface area contributed by atoms with Gasteiger partial charge in [0.15, 0.2) is 5.96 Å². The number of benzene rings is 1. The zero-order valence-electron chi connectivity index (χ0n) is 17.3. The van der Waals surface area contributed by atoms with E-state index in [1.54, 1.807) is 0 Å². The predicted molar refractivity (Wildman–Crippen MR) is 113 cm³/mol. The van der Waals surface area contributed by atoms with Crippen LogP contribution in [0.1, 0.15) is 26.3 Å². The van der Waals surface area contributed by atoms with Gasteiger partial charge in [-0.2, -0.15) is 0 Å². The van der Waals surface area contributed by atoms with Crippen LogP contribution in [0, 0.1) is 0 Å². The van der Waals surface area contributed by atoms with Crippen molar-refractivity contribution in [3.8, 4) is 0 Å². The molecule has 0 bridgehead atoms. The molecule has 1 atom stereocenters. The molecule has 0 spiro atoms. The zero-order valence-corrected chi connectivity index (χ0v) is 17.3. The number of hydrogen-bond acceptors (Lipinski definition) is 4. The van der Waals surface area contributed by atoms with Crippen LogP contribution in [0.5, 0.6) is 0 Å². The molecular weight excluding hydrogens is 338 g/mol. The molecule has 1 unspecified atom stereocenters. The second-order valence-corrected chi connectivity index (χ2v) is 8.14. The zero-order chi connectivity index (χ0) is 19.3. The minimum atomic E-state index is 0.0703. The summed E-state index contributed by atoms with van der Waals surface area (Å²) in [6.07, 6.45) is 1.14. The van der Waals surface area contributed by atoms with Crippen LogP contribution in [-0.2, 0) is 11.2 Å². The monoisotopic (exact) mass is 373 g/mol. The summed E-state index contributed by atoms with van der Waals surface area (Å²) in [5.41, 5.74) is 2.91. The van der Waals surface area contributed by atoms with Crippen molar-refractivity contribution < 1.29 is 4.74 Å². The lowest BCUT2D eigenvalue weighted by Crippen LogP contribution is -2.57. The number of fused-ring (bicyclic) bond motifs is 1. The summed E-state index contributed by atoms with van der Waals surface area (Å²) in [5.74, 6) is 0.871. The van der Waals surface area contributed by atoms with Gasteiger partial charge in [-0.25, -0.2) is 0 Å². The van der Waals surface area contributed by atoms with Crippen molar-refractivity contribution in [2.24, 2.45) is 4.99 Å². The number of morpholine rings is 1. The fourth-order valence-corrected chi connectivity index (χ4v) is 3.98. The van der Waals surface area contributed by atoms with Crippen LogP contribution in [0.4, 0.5) is 5.69 Å². The van der Waals surface area contributed by atoms with Crippen LogP contribution in [0.25, 0.3) is 0 Å². The van der Waals surface area contributed by atoms with Gasteiger partial charge in [0.25, 0.3) is 0 Å². The molecule has 0 radical (unpaired) electrons. The number of nitrogens with zero attached hydrogens (tertiary/aromatic N) is 3. The maximum absolute atomic E-state index is 5.48. The Morgan fingerprint density at radius 3 is 2.67 bits per heavy atom. The molecule has 1 saturated heterocycles. The van der Waals surface area contributed by atoms with Gasteiger partial charge in [-0.15, -0.1) is 0 Å². The summed E-state index contributed by atoms with van der Waals surface area (Å²) >= 11 is 0. The Bertz CT molecular complexity index is 639. The van der Waals surface area contributed by atoms with Crippen molar-refractivity contribution in [1.29, 1.82) is 0 Å². The lowest BCUT2D eigenvalue weighted by Gasteiger charge is -2.41. The average molecular weight is 374 g/mol. The smallest absolute Gasteiger partial charge is 0.191 e. The number of ether oxygens (including phenoxy) is 1. The van der Waals surface area contributed by atoms with E-state index in [-0.39, 0.29) is 5.54 Å². The highest BCUT2D eigenvalue weighted by atomic mass is 16.5. The number of guanidine groups is 1. The Labute approximate surface area is 164 Å². The van der Waals surface area contributed by atoms with Gasteiger partial charge in [-0.05, 0) is 38.8 Å². The molecule has 2 N–H and O–H groups in total. The van der Waals surface area contributed by atoms with Crippen LogP contribution in [0.15, 0.2) is 29.3 Å². The van der Waals surface area contributed by atoms with Crippen molar-refractivity contribution in [1.82, 2.24) is 15.5 Å². The molecule has 27 heavy (non-hydrogen) atoms. The third-order valence-corrected chi connectivity index (χ3v) is 5.80. The molecule has 2 heterocycles. The number of nitrogens with one attached hydrogen (secondary N) is 2. The van der Waals surface area contributed by atoms with E-state index in [0.717, 1.165) is 58.3 Å². The van der Waals surface area contributed by atoms with Crippen LogP contribution < -0.4 is 15.5 Å². The third-order valence-electron chi connectivity index (χ3n) is 5.80. The first-order valence-electron chi connectivity index (χ1n) is 10.1. The number of rotatable bonds is 6. The predicted octanol–water partition coefficient (Wildman–Crippen LogP) is 1.71. The normalized spacial score (nSPS) is 19.7. The summed E-state index contributed by atoms with van der Waals surface area (Å²) in [7, 11) is 1.84. The lowest BCUT2D eigenvalue weighted by molar-refractivity contribution is -0.00834. The van der Waals surface area contributed by atoms with E-state index in [1.807, 2.05) is 7.05 Å². The molecule has 6 heteroatoms. The van der Waals surface area contributed by atoms with E-state index in [4.69, 9.17) is 4.74 Å². The van der Waals surface area contributed by atoms with Crippen LogP contribution in [0.2, 0.25) is 0 Å². The van der Waals surface area contributed by atoms with Crippen molar-refractivity contribution in [2.75, 3.05) is 57.9 Å². The minimum absolute atomic E-state index is 0.0703. The summed E-state index contributed by atoms with van der Waals surface area (Å²) in [6.45, 7) is 13.3. The number of para-hydroxylation sites is 1. The van der Waals surface area contributed by atoms with Gasteiger partial charge in [0, 0.05) is 57.0 Å². The van der Waals surface area contributed by atoms with Crippen LogP contribution in [0.3, 0.4) is 0 Å². The number of aliphatic imine (C=N–C) groups is 1. The van der Waals surface area contributed by atoms with Crippen molar-refractivity contribution in [3.05, 3.63) is 29.8 Å². The fraction of sp³-hybridized carbons (Fsp3) is 0.667. The van der Waals surface area contributed by atoms with Gasteiger partial charge in [0.2, 0.25) is 0 Å². The molecule has 150 valence electrons. The minimum Gasteiger partial charge on any atom is -0.379 e. The molecule has 2 aliphatic rings. The van der Waals surface area contributed by atoms with Gasteiger partial charge in [0.05, 0.1) is 13.2 Å². The Hall–Kier alpha value is -1.79. The van der Waals surface area contributed by atoms with E-state index >= 15 is 0 Å². The molecule has 0 aromatic heterocycles. The van der Waals surface area contributed by atoms with Crippen molar-refractivity contribution in [2.45, 2.75) is 38.8 Å². The summed E-state index contributed by atoms with van der Waals surface area (Å²) in [4.78, 5) is 9.39. The second-order valence-electron chi connectivity index (χ2n) is 8.14. The molecule has 0 aliphatic carbocycles. The second kappa shape index (κ2) is 8.93. The molecule has 2 aliphatic heterocycles. The highest BCUT2D eigenvalue weighted by Crippen LogP contribution is 2.28. The van der Waals surface area contributed by atoms with Gasteiger partial charge in [-0.1, -0.05) is 18.2 Å². The highest BCUT2D eigenvalue weighted by molar-refractivity contribution is 5.79. The SMILES string of the molecule is CN=C(NCC(C)N1CCc2ccccc21)NCC(C)(C)N1CCOCC1. The third kappa shape index (κ3) is 4.93. The van der Waals surface area contributed by atoms with E-state index in [9.17, 15) is 0 Å². The first kappa shape index (κ1) is 20.0. The molecule has 0 saturated carbocycles. The quantitative estimate of drug-likeness (QED) is 0.587. The molecule has 3 rings (SSSR count). The average Bonchev–Trinajstić information content (AvgIpc) is 3.13. The molecule has 0 amide bonds. The van der Waals surface area contributed by atoms with E-state index in [2.05, 4.69) is 70.5 Å². The standard InChI is InChI=1S/C21H35N5O/c1-17(26-10-9-18-7-5-6-8-19(18)26)15-23-20(22-4)24-16-21(2,3)25-11-13-27-14-12-25/h5-8,17H,9-16H2,1-4H3,(H2,22,23,24). The van der Waals surface area contributed by atoms with Gasteiger partial charge in [0.1, 0.15) is 0 Å². The van der Waals surface area contributed by atoms with E-state index in [1.165, 1.54) is 11.3 Å². The van der Waals surface area contributed by atoms with Crippen molar-refractivity contribution in [3.63, 3.8) is 0 Å². The van der Waals surface area contributed by atoms with Gasteiger partial charge < -0.3 is 20.3 Å². The molecule has 6 nitrogen and oxygen atoms in total. The maximum atomic E-state index is 5.48. The number of anilines is 1. The summed E-state index contributed by atoms with van der Waals surface area (Å²) < 4.78 is 5.48. The highest BCUT2D eigenvalue weighted by Gasteiger charge is 2.28. The summed E-state index contributed by atoms with van der Waals surface area (Å²) in [6, 6.07) is 9.15.